The van der Waals surface area contributed by atoms with Crippen molar-refractivity contribution in [2.75, 3.05) is 12.4 Å². The summed E-state index contributed by atoms with van der Waals surface area (Å²) in [6.07, 6.45) is 0. The summed E-state index contributed by atoms with van der Waals surface area (Å²) in [5.41, 5.74) is -2.53. The second-order valence-corrected chi connectivity index (χ2v) is 14.3. The van der Waals surface area contributed by atoms with E-state index in [2.05, 4.69) is 0 Å². The Bertz CT molecular complexity index is 2590. The summed E-state index contributed by atoms with van der Waals surface area (Å²) in [4.78, 5) is 26.0. The molecule has 1 radical (unpaired) electrons. The van der Waals surface area contributed by atoms with Gasteiger partial charge in [-0.1, -0.05) is 12.1 Å². The van der Waals surface area contributed by atoms with Crippen LogP contribution in [0.1, 0.15) is 0 Å². The van der Waals surface area contributed by atoms with Gasteiger partial charge in [0.2, 0.25) is 0 Å². The molecule has 0 bridgehead atoms. The van der Waals surface area contributed by atoms with Crippen molar-refractivity contribution in [2.24, 2.45) is 0 Å². The predicted octanol–water partition coefficient (Wildman–Crippen LogP) is 1.72. The third-order valence-corrected chi connectivity index (χ3v) is 10.3. The minimum atomic E-state index is -5.05. The van der Waals surface area contributed by atoms with Crippen molar-refractivity contribution in [2.45, 2.75) is 14.7 Å². The topological polar surface area (TPSA) is 215 Å². The van der Waals surface area contributed by atoms with Crippen molar-refractivity contribution in [1.82, 2.24) is 4.57 Å². The first-order valence-electron chi connectivity index (χ1n) is 11.9. The number of aliphatic hydroxyl groups excluding tert-OH is 1. The van der Waals surface area contributed by atoms with Crippen LogP contribution >= 0.6 is 0 Å². The number of pyridine rings is 1. The van der Waals surface area contributed by atoms with Crippen LogP contribution in [0.15, 0.2) is 89.4 Å². The number of aromatic nitrogens is 1. The maximum Gasteiger partial charge on any atom is 0.298 e. The van der Waals surface area contributed by atoms with Crippen LogP contribution in [0.4, 0.5) is 0 Å². The largest absolute Gasteiger partial charge is 0.455 e. The monoisotopic (exact) mass is 654 g/mol. The van der Waals surface area contributed by atoms with Gasteiger partial charge >= 0.3 is 0 Å². The first kappa shape index (κ1) is 31.2. The van der Waals surface area contributed by atoms with E-state index < -0.39 is 68.9 Å². The second kappa shape index (κ2) is 10.5. The molecule has 6 rings (SSSR count). The van der Waals surface area contributed by atoms with Gasteiger partial charge in [-0.25, -0.2) is 13.0 Å². The van der Waals surface area contributed by atoms with Gasteiger partial charge in [-0.05, 0) is 53.9 Å². The van der Waals surface area contributed by atoms with E-state index in [1.807, 2.05) is 0 Å². The molecule has 0 saturated carbocycles. The summed E-state index contributed by atoms with van der Waals surface area (Å²) in [7, 11) is -13.7. The fraction of sp³-hybridized carbons (Fsp3) is 0.0769. The molecule has 0 spiro atoms. The fourth-order valence-electron chi connectivity index (χ4n) is 5.08. The summed E-state index contributed by atoms with van der Waals surface area (Å²) < 4.78 is 99.7. The zero-order chi connectivity index (χ0) is 30.4. The third kappa shape index (κ3) is 4.98. The Hall–Kier alpha value is -3.19. The first-order chi connectivity index (χ1) is 19.6. The van der Waals surface area contributed by atoms with Crippen LogP contribution < -0.4 is 11.1 Å². The van der Waals surface area contributed by atoms with Crippen molar-refractivity contribution in [3.63, 3.8) is 0 Å². The summed E-state index contributed by atoms with van der Waals surface area (Å²) in [6, 6.07) is 11.7. The smallest absolute Gasteiger partial charge is 0.298 e. The molecular formula is C26H17NNaO12S3. The van der Waals surface area contributed by atoms with Crippen LogP contribution in [0.25, 0.3) is 49.2 Å². The van der Waals surface area contributed by atoms with Gasteiger partial charge in [-0.3, -0.25) is 18.7 Å². The molecule has 0 amide bonds. The average Bonchev–Trinajstić information content (AvgIpc) is 2.91. The van der Waals surface area contributed by atoms with Gasteiger partial charge < -0.3 is 9.52 Å². The van der Waals surface area contributed by atoms with Crippen LogP contribution in [-0.2, 0) is 30.1 Å². The number of fused-ring (bicyclic) bond motifs is 2. The molecule has 43 heavy (non-hydrogen) atoms. The minimum Gasteiger partial charge on any atom is -0.455 e. The molecule has 4 aromatic carbocycles. The van der Waals surface area contributed by atoms with Crippen molar-refractivity contribution in [1.29, 1.82) is 0 Å². The number of hydrogen-bond acceptors (Lipinski definition) is 10. The summed E-state index contributed by atoms with van der Waals surface area (Å²) in [5, 5.41) is 8.77. The number of aliphatic hydroxyl groups is 1. The molecule has 13 nitrogen and oxygen atoms in total. The van der Waals surface area contributed by atoms with Crippen LogP contribution in [0.5, 0.6) is 0 Å². The molecule has 0 atom stereocenters. The molecule has 17 heteroatoms. The van der Waals surface area contributed by atoms with Crippen LogP contribution in [0, 0.1) is 0 Å². The molecule has 0 unspecified atom stereocenters. The van der Waals surface area contributed by atoms with Crippen molar-refractivity contribution < 1.29 is 43.9 Å². The Morgan fingerprint density at radius 3 is 2.02 bits per heavy atom. The van der Waals surface area contributed by atoms with E-state index in [9.17, 15) is 43.9 Å². The Morgan fingerprint density at radius 1 is 0.698 bits per heavy atom. The van der Waals surface area contributed by atoms with Crippen LogP contribution in [0.3, 0.4) is 0 Å². The van der Waals surface area contributed by atoms with Gasteiger partial charge in [0, 0.05) is 51.1 Å². The van der Waals surface area contributed by atoms with Gasteiger partial charge in [-0.2, -0.15) is 16.8 Å². The SMILES string of the molecule is O=c1c2ccc3c4cc(S(=O)(=O)O)ccc4oc4c(S(=O)(=O)O)cc(c(=O)n1-c1cccc(S(=O)(=O)CCO)c1)c2c43.[Na]. The van der Waals surface area contributed by atoms with Crippen LogP contribution in [0.2, 0.25) is 0 Å². The Labute approximate surface area is 264 Å². The number of hydrogen-bond donors (Lipinski definition) is 3. The maximum atomic E-state index is 13.8. The Morgan fingerprint density at radius 2 is 1.37 bits per heavy atom. The predicted molar refractivity (Wildman–Crippen MR) is 156 cm³/mol. The van der Waals surface area contributed by atoms with E-state index in [0.717, 1.165) is 24.3 Å². The molecule has 3 N–H and O–H groups in total. The van der Waals surface area contributed by atoms with Crippen LogP contribution in [-0.4, -0.2) is 85.9 Å². The molecule has 2 aromatic heterocycles. The van der Waals surface area contributed by atoms with Crippen molar-refractivity contribution >= 4 is 103 Å². The zero-order valence-electron chi connectivity index (χ0n) is 21.9. The molecule has 217 valence electrons. The third-order valence-electron chi connectivity index (χ3n) is 6.89. The standard InChI is InChI=1S/C26H17NO12S3.Na/c28-8-9-40(31,32)14-3-1-2-13(10-14)27-25(29)17-6-5-16-18-11-15(41(33,34)35)4-7-20(18)39-24-21(42(36,37)38)12-19(26(27)30)22(17)23(16)24;/h1-7,10-12,28H,8-9H2,(H,33,34,35)(H,36,37,38);. The molecule has 6 aromatic rings. The first-order valence-corrected chi connectivity index (χ1v) is 16.4. The molecular weight excluding hydrogens is 637 g/mol. The minimum absolute atomic E-state index is 0. The van der Waals surface area contributed by atoms with Gasteiger partial charge in [0.1, 0.15) is 10.5 Å². The van der Waals surface area contributed by atoms with E-state index in [4.69, 9.17) is 9.52 Å². The normalized spacial score (nSPS) is 12.8. The van der Waals surface area contributed by atoms with Crippen molar-refractivity contribution in [3.8, 4) is 5.69 Å². The molecule has 0 aliphatic carbocycles. The molecule has 0 saturated heterocycles. The van der Waals surface area contributed by atoms with E-state index in [0.29, 0.717) is 4.57 Å². The molecule has 0 aliphatic heterocycles. The zero-order valence-corrected chi connectivity index (χ0v) is 26.3. The van der Waals surface area contributed by atoms with Gasteiger partial charge in [0.05, 0.1) is 33.2 Å². The van der Waals surface area contributed by atoms with Gasteiger partial charge in [0.25, 0.3) is 31.4 Å². The fourth-order valence-corrected chi connectivity index (χ4v) is 7.29. The van der Waals surface area contributed by atoms with Gasteiger partial charge in [-0.15, -0.1) is 0 Å². The van der Waals surface area contributed by atoms with E-state index in [1.165, 1.54) is 36.4 Å². The quantitative estimate of drug-likeness (QED) is 0.101. The van der Waals surface area contributed by atoms with E-state index in [1.54, 1.807) is 0 Å². The number of benzene rings is 4. The second-order valence-electron chi connectivity index (χ2n) is 9.36. The number of rotatable bonds is 6. The average molecular weight is 655 g/mol. The summed E-state index contributed by atoms with van der Waals surface area (Å²) in [5.74, 6) is -0.607. The molecule has 0 aliphatic rings. The van der Waals surface area contributed by atoms with E-state index >= 15 is 0 Å². The Kier molecular flexibility index (Phi) is 7.60. The van der Waals surface area contributed by atoms with Crippen molar-refractivity contribution in [3.05, 3.63) is 81.4 Å². The maximum absolute atomic E-state index is 13.8. The summed E-state index contributed by atoms with van der Waals surface area (Å²) in [6.45, 7) is -0.663. The molecule has 2 heterocycles. The molecule has 0 fully saturated rings. The summed E-state index contributed by atoms with van der Waals surface area (Å²) >= 11 is 0. The Balaban J connectivity index is 0.00000368. The van der Waals surface area contributed by atoms with Gasteiger partial charge in [0.15, 0.2) is 15.4 Å². The van der Waals surface area contributed by atoms with E-state index in [-0.39, 0.29) is 78.0 Å². The number of sulfone groups is 1. The number of nitrogens with zero attached hydrogens (tertiary/aromatic N) is 1.